The Bertz CT molecular complexity index is 884. The highest BCUT2D eigenvalue weighted by atomic mass is 35.5. The van der Waals surface area contributed by atoms with Gasteiger partial charge in [0.2, 0.25) is 0 Å². The van der Waals surface area contributed by atoms with Gasteiger partial charge in [-0.3, -0.25) is 9.52 Å². The van der Waals surface area contributed by atoms with Gasteiger partial charge in [-0.25, -0.2) is 8.42 Å². The summed E-state index contributed by atoms with van der Waals surface area (Å²) in [6, 6.07) is 12.4. The average molecular weight is 414 g/mol. The average Bonchev–Trinajstić information content (AvgIpc) is 2.61. The maximum absolute atomic E-state index is 12.5. The molecule has 9 heteroatoms. The van der Waals surface area contributed by atoms with Crippen molar-refractivity contribution in [2.75, 3.05) is 18.4 Å². The molecule has 0 aliphatic rings. The summed E-state index contributed by atoms with van der Waals surface area (Å²) >= 11 is 0. The van der Waals surface area contributed by atoms with Crippen LogP contribution in [-0.4, -0.2) is 33.5 Å². The number of methoxy groups -OCH3 is 1. The van der Waals surface area contributed by atoms with E-state index in [9.17, 15) is 13.2 Å². The maximum atomic E-state index is 12.5. The van der Waals surface area contributed by atoms with Crippen LogP contribution in [0.1, 0.15) is 24.2 Å². The molecule has 1 amide bonds. The number of nitrogens with two attached hydrogens (primary N) is 1. The summed E-state index contributed by atoms with van der Waals surface area (Å²) in [7, 11) is -2.35. The van der Waals surface area contributed by atoms with Gasteiger partial charge in [-0.2, -0.15) is 0 Å². The number of hydrogen-bond donors (Lipinski definition) is 3. The zero-order valence-electron chi connectivity index (χ0n) is 15.4. The van der Waals surface area contributed by atoms with E-state index >= 15 is 0 Å². The number of halogens is 1. The summed E-state index contributed by atoms with van der Waals surface area (Å²) in [5.74, 6) is 0.0955. The van der Waals surface area contributed by atoms with Crippen LogP contribution in [0.25, 0.3) is 0 Å². The smallest absolute Gasteiger partial charge is 0.262 e. The SMILES string of the molecule is COc1ccccc1NS(=O)(=O)c1ccc(C(=O)NC(C)(C)CN)cc1.Cl. The summed E-state index contributed by atoms with van der Waals surface area (Å²) in [4.78, 5) is 12.2. The third kappa shape index (κ3) is 5.85. The minimum absolute atomic E-state index is 0. The highest BCUT2D eigenvalue weighted by Gasteiger charge is 2.20. The first-order valence-electron chi connectivity index (χ1n) is 7.97. The molecule has 0 aliphatic carbocycles. The first-order valence-corrected chi connectivity index (χ1v) is 9.45. The molecule has 27 heavy (non-hydrogen) atoms. The van der Waals surface area contributed by atoms with Gasteiger partial charge in [-0.1, -0.05) is 12.1 Å². The Hall–Kier alpha value is -2.29. The van der Waals surface area contributed by atoms with E-state index in [0.717, 1.165) is 0 Å². The quantitative estimate of drug-likeness (QED) is 0.645. The van der Waals surface area contributed by atoms with Crippen molar-refractivity contribution in [3.05, 3.63) is 54.1 Å². The van der Waals surface area contributed by atoms with Crippen LogP contribution in [0.2, 0.25) is 0 Å². The van der Waals surface area contributed by atoms with Gasteiger partial charge in [0.1, 0.15) is 5.75 Å². The third-order valence-electron chi connectivity index (χ3n) is 3.74. The predicted octanol–water partition coefficient (Wildman–Crippen LogP) is 2.38. The molecule has 0 radical (unpaired) electrons. The largest absolute Gasteiger partial charge is 0.495 e. The predicted molar refractivity (Wildman–Crippen MR) is 108 cm³/mol. The summed E-state index contributed by atoms with van der Waals surface area (Å²) in [5.41, 5.74) is 5.73. The topological polar surface area (TPSA) is 111 Å². The molecule has 2 aromatic carbocycles. The second kappa shape index (κ2) is 9.07. The van der Waals surface area contributed by atoms with Crippen molar-refractivity contribution in [3.63, 3.8) is 0 Å². The molecular formula is C18H24ClN3O4S. The van der Waals surface area contributed by atoms with E-state index < -0.39 is 15.6 Å². The van der Waals surface area contributed by atoms with Crippen LogP contribution in [0, 0.1) is 0 Å². The normalized spacial score (nSPS) is 11.3. The van der Waals surface area contributed by atoms with E-state index in [1.54, 1.807) is 38.1 Å². The van der Waals surface area contributed by atoms with E-state index in [-0.39, 0.29) is 29.8 Å². The molecule has 0 spiro atoms. The number of carbonyl (C=O) groups is 1. The lowest BCUT2D eigenvalue weighted by Crippen LogP contribution is -2.48. The lowest BCUT2D eigenvalue weighted by Gasteiger charge is -2.24. The van der Waals surface area contributed by atoms with Crippen LogP contribution in [0.15, 0.2) is 53.4 Å². The fourth-order valence-electron chi connectivity index (χ4n) is 2.15. The number of rotatable bonds is 7. The molecule has 0 bridgehead atoms. The van der Waals surface area contributed by atoms with Crippen LogP contribution in [0.3, 0.4) is 0 Å². The number of amides is 1. The van der Waals surface area contributed by atoms with Crippen LogP contribution >= 0.6 is 12.4 Å². The van der Waals surface area contributed by atoms with Crippen LogP contribution in [0.4, 0.5) is 5.69 Å². The monoisotopic (exact) mass is 413 g/mol. The molecule has 148 valence electrons. The summed E-state index contributed by atoms with van der Waals surface area (Å²) in [6.07, 6.45) is 0. The summed E-state index contributed by atoms with van der Waals surface area (Å²) < 4.78 is 32.7. The number of para-hydroxylation sites is 2. The van der Waals surface area contributed by atoms with E-state index in [4.69, 9.17) is 10.5 Å². The lowest BCUT2D eigenvalue weighted by molar-refractivity contribution is 0.0915. The Morgan fingerprint density at radius 3 is 2.26 bits per heavy atom. The molecule has 0 unspecified atom stereocenters. The number of anilines is 1. The molecule has 4 N–H and O–H groups in total. The molecule has 0 saturated heterocycles. The molecule has 0 fully saturated rings. The second-order valence-corrected chi connectivity index (χ2v) is 8.05. The Kier molecular flexibility index (Phi) is 7.65. The van der Waals surface area contributed by atoms with Crippen LogP contribution in [0.5, 0.6) is 5.75 Å². The van der Waals surface area contributed by atoms with Gasteiger partial charge in [-0.05, 0) is 50.2 Å². The van der Waals surface area contributed by atoms with Gasteiger partial charge in [0, 0.05) is 17.6 Å². The number of nitrogens with one attached hydrogen (secondary N) is 2. The molecule has 0 aliphatic heterocycles. The van der Waals surface area contributed by atoms with E-state index in [1.165, 1.54) is 31.4 Å². The van der Waals surface area contributed by atoms with Crippen molar-refractivity contribution in [3.8, 4) is 5.75 Å². The van der Waals surface area contributed by atoms with Gasteiger partial charge in [0.15, 0.2) is 0 Å². The highest BCUT2D eigenvalue weighted by molar-refractivity contribution is 7.92. The third-order valence-corrected chi connectivity index (χ3v) is 5.12. The fraction of sp³-hybridized carbons (Fsp3) is 0.278. The number of sulfonamides is 1. The molecule has 7 nitrogen and oxygen atoms in total. The lowest BCUT2D eigenvalue weighted by atomic mass is 10.1. The number of ether oxygens (including phenoxy) is 1. The van der Waals surface area contributed by atoms with Gasteiger partial charge < -0.3 is 15.8 Å². The van der Waals surface area contributed by atoms with Crippen molar-refractivity contribution >= 4 is 34.0 Å². The Labute approximate surface area is 165 Å². The van der Waals surface area contributed by atoms with Crippen molar-refractivity contribution in [1.82, 2.24) is 5.32 Å². The van der Waals surface area contributed by atoms with E-state index in [1.807, 2.05) is 0 Å². The molecule has 0 atom stereocenters. The van der Waals surface area contributed by atoms with Crippen molar-refractivity contribution in [2.24, 2.45) is 5.73 Å². The molecule has 0 aromatic heterocycles. The Balaban J connectivity index is 0.00000364. The zero-order chi connectivity index (χ0) is 19.4. The van der Waals surface area contributed by atoms with Gasteiger partial charge in [0.25, 0.3) is 15.9 Å². The van der Waals surface area contributed by atoms with Crippen molar-refractivity contribution < 1.29 is 17.9 Å². The molecule has 2 aromatic rings. The number of carbonyl (C=O) groups excluding carboxylic acids is 1. The molecule has 0 saturated carbocycles. The summed E-state index contributed by atoms with van der Waals surface area (Å²) in [6.45, 7) is 3.90. The van der Waals surface area contributed by atoms with Gasteiger partial charge >= 0.3 is 0 Å². The first kappa shape index (κ1) is 22.8. The van der Waals surface area contributed by atoms with Gasteiger partial charge in [-0.15, -0.1) is 12.4 Å². The van der Waals surface area contributed by atoms with Crippen LogP contribution < -0.4 is 20.5 Å². The minimum Gasteiger partial charge on any atom is -0.495 e. The highest BCUT2D eigenvalue weighted by Crippen LogP contribution is 2.26. The van der Waals surface area contributed by atoms with E-state index in [2.05, 4.69) is 10.0 Å². The zero-order valence-corrected chi connectivity index (χ0v) is 17.0. The standard InChI is InChI=1S/C18H23N3O4S.ClH/c1-18(2,12-19)20-17(22)13-8-10-14(11-9-13)26(23,24)21-15-6-4-5-7-16(15)25-3;/h4-11,21H,12,19H2,1-3H3,(H,20,22);1H. The molecule has 0 heterocycles. The van der Waals surface area contributed by atoms with Crippen LogP contribution in [-0.2, 0) is 10.0 Å². The fourth-order valence-corrected chi connectivity index (χ4v) is 3.22. The van der Waals surface area contributed by atoms with Crippen molar-refractivity contribution in [1.29, 1.82) is 0 Å². The first-order chi connectivity index (χ1) is 12.2. The molecular weight excluding hydrogens is 390 g/mol. The number of hydrogen-bond acceptors (Lipinski definition) is 5. The summed E-state index contributed by atoms with van der Waals surface area (Å²) in [5, 5.41) is 2.79. The minimum atomic E-state index is -3.81. The van der Waals surface area contributed by atoms with Gasteiger partial charge in [0.05, 0.1) is 17.7 Å². The maximum Gasteiger partial charge on any atom is 0.262 e. The second-order valence-electron chi connectivity index (χ2n) is 6.37. The Morgan fingerprint density at radius 1 is 1.11 bits per heavy atom. The van der Waals surface area contributed by atoms with E-state index in [0.29, 0.717) is 17.0 Å². The Morgan fingerprint density at radius 2 is 1.70 bits per heavy atom. The molecule has 2 rings (SSSR count). The van der Waals surface area contributed by atoms with Crippen molar-refractivity contribution in [2.45, 2.75) is 24.3 Å². The number of benzene rings is 2.